The Hall–Kier alpha value is -3.61. The Morgan fingerprint density at radius 3 is 2.62 bits per heavy atom. The number of allylic oxidation sites excluding steroid dienone is 1. The molecule has 0 aliphatic carbocycles. The Bertz CT molecular complexity index is 994. The lowest BCUT2D eigenvalue weighted by Gasteiger charge is -2.08. The Labute approximate surface area is 166 Å². The van der Waals surface area contributed by atoms with Crippen LogP contribution in [0.25, 0.3) is 6.08 Å². The summed E-state index contributed by atoms with van der Waals surface area (Å²) >= 11 is 0. The first-order chi connectivity index (χ1) is 14.0. The first-order valence-electron chi connectivity index (χ1n) is 8.67. The fourth-order valence-electron chi connectivity index (χ4n) is 2.53. The normalized spacial score (nSPS) is 11.0. The van der Waals surface area contributed by atoms with Crippen LogP contribution in [0.1, 0.15) is 21.9 Å². The number of methoxy groups -OCH3 is 1. The van der Waals surface area contributed by atoms with Crippen LogP contribution in [-0.4, -0.2) is 19.5 Å². The predicted octanol–water partition coefficient (Wildman–Crippen LogP) is 5.36. The molecule has 7 heteroatoms. The molecular formula is C22H18F2O5. The molecule has 29 heavy (non-hydrogen) atoms. The molecule has 0 amide bonds. The maximum atomic E-state index is 12.3. The molecular weight excluding hydrogens is 382 g/mol. The minimum absolute atomic E-state index is 0.0759. The molecule has 5 nitrogen and oxygen atoms in total. The van der Waals surface area contributed by atoms with E-state index in [0.29, 0.717) is 23.0 Å². The van der Waals surface area contributed by atoms with Gasteiger partial charge in [-0.15, -0.1) is 0 Å². The second-order valence-electron chi connectivity index (χ2n) is 5.85. The van der Waals surface area contributed by atoms with Gasteiger partial charge in [0.25, 0.3) is 0 Å². The molecule has 1 aromatic heterocycles. The van der Waals surface area contributed by atoms with Crippen molar-refractivity contribution in [2.45, 2.75) is 13.2 Å². The number of halogens is 2. The van der Waals surface area contributed by atoms with Gasteiger partial charge >= 0.3 is 6.61 Å². The molecule has 0 saturated heterocycles. The van der Waals surface area contributed by atoms with Crippen molar-refractivity contribution in [3.05, 3.63) is 83.8 Å². The van der Waals surface area contributed by atoms with Gasteiger partial charge in [-0.05, 0) is 48.6 Å². The topological polar surface area (TPSA) is 57.9 Å². The van der Waals surface area contributed by atoms with Crippen molar-refractivity contribution < 1.29 is 32.2 Å². The Morgan fingerprint density at radius 1 is 1.07 bits per heavy atom. The highest BCUT2D eigenvalue weighted by Crippen LogP contribution is 2.27. The van der Waals surface area contributed by atoms with Gasteiger partial charge in [-0.25, -0.2) is 0 Å². The Balaban J connectivity index is 1.61. The smallest absolute Gasteiger partial charge is 0.387 e. The van der Waals surface area contributed by atoms with E-state index in [0.717, 1.165) is 0 Å². The lowest BCUT2D eigenvalue weighted by Crippen LogP contribution is -2.03. The molecule has 0 spiro atoms. The third-order valence-electron chi connectivity index (χ3n) is 3.86. The number of benzene rings is 2. The fourth-order valence-corrected chi connectivity index (χ4v) is 2.53. The van der Waals surface area contributed by atoms with Crippen molar-refractivity contribution in [3.63, 3.8) is 0 Å². The van der Waals surface area contributed by atoms with Gasteiger partial charge in [-0.1, -0.05) is 24.3 Å². The maximum absolute atomic E-state index is 12.3. The molecule has 1 heterocycles. The molecule has 0 radical (unpaired) electrons. The highest BCUT2D eigenvalue weighted by molar-refractivity contribution is 6.06. The van der Waals surface area contributed by atoms with Crippen LogP contribution in [0.2, 0.25) is 0 Å². The quantitative estimate of drug-likeness (QED) is 0.357. The summed E-state index contributed by atoms with van der Waals surface area (Å²) in [6, 6.07) is 16.3. The number of hydrogen-bond donors (Lipinski definition) is 0. The molecule has 0 atom stereocenters. The van der Waals surface area contributed by atoms with Crippen molar-refractivity contribution in [2.75, 3.05) is 7.11 Å². The number of ether oxygens (including phenoxy) is 3. The van der Waals surface area contributed by atoms with Crippen molar-refractivity contribution in [2.24, 2.45) is 0 Å². The zero-order valence-corrected chi connectivity index (χ0v) is 15.5. The molecule has 0 aliphatic rings. The van der Waals surface area contributed by atoms with Crippen molar-refractivity contribution in [1.29, 1.82) is 0 Å². The third-order valence-corrected chi connectivity index (χ3v) is 3.86. The third kappa shape index (κ3) is 5.68. The maximum Gasteiger partial charge on any atom is 0.387 e. The Kier molecular flexibility index (Phi) is 6.63. The number of carbonyl (C=O) groups excluding carboxylic acids is 1. The van der Waals surface area contributed by atoms with Crippen LogP contribution < -0.4 is 14.2 Å². The monoisotopic (exact) mass is 400 g/mol. The van der Waals surface area contributed by atoms with E-state index in [9.17, 15) is 13.6 Å². The summed E-state index contributed by atoms with van der Waals surface area (Å²) in [7, 11) is 1.56. The summed E-state index contributed by atoms with van der Waals surface area (Å²) in [6.45, 7) is -2.76. The molecule has 150 valence electrons. The van der Waals surface area contributed by atoms with Gasteiger partial charge in [0, 0.05) is 5.56 Å². The second-order valence-corrected chi connectivity index (χ2v) is 5.85. The average molecular weight is 400 g/mol. The average Bonchev–Trinajstić information content (AvgIpc) is 3.18. The number of furan rings is 1. The highest BCUT2D eigenvalue weighted by Gasteiger charge is 2.09. The number of ketones is 1. The van der Waals surface area contributed by atoms with Gasteiger partial charge in [-0.3, -0.25) is 4.79 Å². The van der Waals surface area contributed by atoms with Crippen molar-refractivity contribution >= 4 is 11.9 Å². The van der Waals surface area contributed by atoms with Crippen molar-refractivity contribution in [1.82, 2.24) is 0 Å². The van der Waals surface area contributed by atoms with Crippen LogP contribution in [0.3, 0.4) is 0 Å². The van der Waals surface area contributed by atoms with E-state index in [4.69, 9.17) is 13.9 Å². The fraction of sp³-hybridized carbons (Fsp3) is 0.136. The molecule has 0 bridgehead atoms. The predicted molar refractivity (Wildman–Crippen MR) is 102 cm³/mol. The van der Waals surface area contributed by atoms with E-state index in [-0.39, 0.29) is 23.7 Å². The van der Waals surface area contributed by atoms with Gasteiger partial charge in [0.15, 0.2) is 17.3 Å². The summed E-state index contributed by atoms with van der Waals surface area (Å²) in [6.07, 6.45) is 2.79. The van der Waals surface area contributed by atoms with E-state index in [1.165, 1.54) is 36.4 Å². The molecule has 3 rings (SSSR count). The van der Waals surface area contributed by atoms with Crippen molar-refractivity contribution in [3.8, 4) is 17.2 Å². The standard InChI is InChI=1S/C22H18F2O5/c1-26-20-7-2-3-8-21(20)27-14-18-10-9-16(28-18)11-12-19(25)15-5-4-6-17(13-15)29-22(23)24/h2-13,22H,14H2,1H3/b12-11+. The first-order valence-corrected chi connectivity index (χ1v) is 8.67. The van der Waals surface area contributed by atoms with Gasteiger partial charge in [0.05, 0.1) is 7.11 Å². The van der Waals surface area contributed by atoms with Crippen LogP contribution in [0.15, 0.2) is 71.2 Å². The highest BCUT2D eigenvalue weighted by atomic mass is 19.3. The largest absolute Gasteiger partial charge is 0.493 e. The van der Waals surface area contributed by atoms with E-state index >= 15 is 0 Å². The lowest BCUT2D eigenvalue weighted by molar-refractivity contribution is -0.0498. The summed E-state index contributed by atoms with van der Waals surface area (Å²) < 4.78 is 45.4. The molecule has 0 unspecified atom stereocenters. The van der Waals surface area contributed by atoms with Gasteiger partial charge < -0.3 is 18.6 Å². The van der Waals surface area contributed by atoms with Crippen LogP contribution >= 0.6 is 0 Å². The zero-order chi connectivity index (χ0) is 20.6. The molecule has 0 N–H and O–H groups in total. The van der Waals surface area contributed by atoms with Crippen LogP contribution in [0, 0.1) is 0 Å². The number of carbonyl (C=O) groups is 1. The van der Waals surface area contributed by atoms with E-state index in [1.807, 2.05) is 12.1 Å². The number of para-hydroxylation sites is 2. The van der Waals surface area contributed by atoms with Gasteiger partial charge in [0.2, 0.25) is 0 Å². The molecule has 2 aromatic carbocycles. The minimum atomic E-state index is -2.95. The van der Waals surface area contributed by atoms with E-state index in [1.54, 1.807) is 31.4 Å². The first kappa shape index (κ1) is 20.1. The van der Waals surface area contributed by atoms with Gasteiger partial charge in [-0.2, -0.15) is 8.78 Å². The second kappa shape index (κ2) is 9.54. The summed E-state index contributed by atoms with van der Waals surface area (Å²) in [5.41, 5.74) is 0.227. The van der Waals surface area contributed by atoms with Gasteiger partial charge in [0.1, 0.15) is 23.9 Å². The lowest BCUT2D eigenvalue weighted by atomic mass is 10.1. The van der Waals surface area contributed by atoms with Crippen LogP contribution in [-0.2, 0) is 6.61 Å². The van der Waals surface area contributed by atoms with Crippen LogP contribution in [0.5, 0.6) is 17.2 Å². The molecule has 3 aromatic rings. The Morgan fingerprint density at radius 2 is 1.86 bits per heavy atom. The summed E-state index contributed by atoms with van der Waals surface area (Å²) in [4.78, 5) is 12.2. The zero-order valence-electron chi connectivity index (χ0n) is 15.5. The summed E-state index contributed by atoms with van der Waals surface area (Å²) in [5.74, 6) is 1.78. The van der Waals surface area contributed by atoms with E-state index < -0.39 is 6.61 Å². The summed E-state index contributed by atoms with van der Waals surface area (Å²) in [5, 5.41) is 0. The molecule has 0 saturated carbocycles. The van der Waals surface area contributed by atoms with E-state index in [2.05, 4.69) is 4.74 Å². The number of alkyl halides is 2. The number of hydrogen-bond acceptors (Lipinski definition) is 5. The minimum Gasteiger partial charge on any atom is -0.493 e. The molecule has 0 aliphatic heterocycles. The number of rotatable bonds is 9. The van der Waals surface area contributed by atoms with Crippen LogP contribution in [0.4, 0.5) is 8.78 Å². The SMILES string of the molecule is COc1ccccc1OCc1ccc(/C=C/C(=O)c2cccc(OC(F)F)c2)o1. The molecule has 0 fully saturated rings.